The summed E-state index contributed by atoms with van der Waals surface area (Å²) in [5.41, 5.74) is 11.5. The maximum Gasteiger partial charge on any atom is 0.213 e. The molecule has 0 N–H and O–H groups in total. The van der Waals surface area contributed by atoms with Crippen LogP contribution in [-0.4, -0.2) is 4.98 Å². The maximum absolute atomic E-state index is 4.95. The molecular formula is C25H29N2+. The Morgan fingerprint density at radius 1 is 0.963 bits per heavy atom. The van der Waals surface area contributed by atoms with Gasteiger partial charge in [-0.1, -0.05) is 45.9 Å². The Kier molecular flexibility index (Phi) is 3.99. The smallest absolute Gasteiger partial charge is 0.213 e. The molecule has 0 unspecified atom stereocenters. The molecule has 2 nitrogen and oxygen atoms in total. The van der Waals surface area contributed by atoms with E-state index in [0.29, 0.717) is 5.92 Å². The molecule has 0 radical (unpaired) electrons. The highest BCUT2D eigenvalue weighted by molar-refractivity contribution is 5.87. The van der Waals surface area contributed by atoms with E-state index in [0.717, 1.165) is 5.69 Å². The van der Waals surface area contributed by atoms with Gasteiger partial charge in [-0.2, -0.15) is 0 Å². The van der Waals surface area contributed by atoms with E-state index in [1.54, 1.807) is 0 Å². The lowest BCUT2D eigenvalue weighted by atomic mass is 9.79. The van der Waals surface area contributed by atoms with Gasteiger partial charge in [-0.15, -0.1) is 0 Å². The van der Waals surface area contributed by atoms with Crippen LogP contribution in [0.15, 0.2) is 42.6 Å². The summed E-state index contributed by atoms with van der Waals surface area (Å²) in [7, 11) is 2.15. The van der Waals surface area contributed by atoms with E-state index in [2.05, 4.69) is 95.8 Å². The Morgan fingerprint density at radius 3 is 2.37 bits per heavy atom. The van der Waals surface area contributed by atoms with Crippen molar-refractivity contribution >= 4 is 0 Å². The van der Waals surface area contributed by atoms with Crippen LogP contribution in [0.5, 0.6) is 0 Å². The van der Waals surface area contributed by atoms with Crippen molar-refractivity contribution in [3.63, 3.8) is 0 Å². The van der Waals surface area contributed by atoms with Crippen molar-refractivity contribution in [3.05, 3.63) is 70.7 Å². The molecule has 0 saturated heterocycles. The van der Waals surface area contributed by atoms with Gasteiger partial charge in [-0.05, 0) is 48.1 Å². The van der Waals surface area contributed by atoms with E-state index >= 15 is 0 Å². The topological polar surface area (TPSA) is 16.8 Å². The summed E-state index contributed by atoms with van der Waals surface area (Å²) in [5.74, 6) is 0.511. The third-order valence-corrected chi connectivity index (χ3v) is 6.05. The van der Waals surface area contributed by atoms with Gasteiger partial charge in [0.2, 0.25) is 5.69 Å². The molecule has 4 rings (SSSR count). The van der Waals surface area contributed by atoms with Gasteiger partial charge < -0.3 is 0 Å². The first kappa shape index (κ1) is 17.9. The second-order valence-corrected chi connectivity index (χ2v) is 8.76. The van der Waals surface area contributed by atoms with Crippen molar-refractivity contribution < 1.29 is 4.57 Å². The Balaban J connectivity index is 2.07. The molecule has 0 atom stereocenters. The standard InChI is InChI=1S/C25H29N2/c1-15(2)18-12-13-27(7)21(14-18)22-16(3)8-10-19-20-11-9-17(4)26-24(20)25(5,6)23(19)22/h8-15H,1-7H3/q+1. The Hall–Kier alpha value is -2.48. The number of nitrogens with zero attached hydrogens (tertiary/aromatic N) is 2. The molecule has 0 fully saturated rings. The molecule has 0 saturated carbocycles. The first-order valence-corrected chi connectivity index (χ1v) is 9.84. The van der Waals surface area contributed by atoms with Gasteiger partial charge >= 0.3 is 0 Å². The minimum Gasteiger partial charge on any atom is -0.257 e. The zero-order chi connectivity index (χ0) is 19.5. The van der Waals surface area contributed by atoms with Gasteiger partial charge in [0.1, 0.15) is 7.05 Å². The Bertz CT molecular complexity index is 1060. The first-order valence-electron chi connectivity index (χ1n) is 9.84. The van der Waals surface area contributed by atoms with Crippen LogP contribution in [0.2, 0.25) is 0 Å². The first-order chi connectivity index (χ1) is 12.7. The largest absolute Gasteiger partial charge is 0.257 e. The van der Waals surface area contributed by atoms with Crippen molar-refractivity contribution in [1.82, 2.24) is 4.98 Å². The zero-order valence-electron chi connectivity index (χ0n) is 17.5. The number of hydrogen-bond donors (Lipinski definition) is 0. The number of pyridine rings is 2. The Labute approximate surface area is 162 Å². The van der Waals surface area contributed by atoms with E-state index in [-0.39, 0.29) is 5.41 Å². The summed E-state index contributed by atoms with van der Waals surface area (Å²) >= 11 is 0. The van der Waals surface area contributed by atoms with E-state index < -0.39 is 0 Å². The molecule has 3 aromatic rings. The normalized spacial score (nSPS) is 14.4. The van der Waals surface area contributed by atoms with Crippen LogP contribution in [0.4, 0.5) is 0 Å². The minimum atomic E-state index is -0.112. The van der Waals surface area contributed by atoms with Crippen molar-refractivity contribution in [1.29, 1.82) is 0 Å². The lowest BCUT2D eigenvalue weighted by molar-refractivity contribution is -0.660. The molecule has 1 aliphatic rings. The fraction of sp³-hybridized carbons (Fsp3) is 0.360. The maximum atomic E-state index is 4.95. The van der Waals surface area contributed by atoms with Gasteiger partial charge in [-0.25, -0.2) is 4.57 Å². The number of rotatable bonds is 2. The van der Waals surface area contributed by atoms with Crippen molar-refractivity contribution in [3.8, 4) is 22.4 Å². The number of benzene rings is 1. The predicted molar refractivity (Wildman–Crippen MR) is 112 cm³/mol. The van der Waals surface area contributed by atoms with Gasteiger partial charge in [0.05, 0.1) is 11.3 Å². The molecule has 0 aliphatic heterocycles. The van der Waals surface area contributed by atoms with Crippen molar-refractivity contribution in [2.24, 2.45) is 7.05 Å². The Morgan fingerprint density at radius 2 is 1.67 bits per heavy atom. The summed E-state index contributed by atoms with van der Waals surface area (Å²) in [6, 6.07) is 13.5. The van der Waals surface area contributed by atoms with Crippen LogP contribution in [0.3, 0.4) is 0 Å². The summed E-state index contributed by atoms with van der Waals surface area (Å²) in [6.07, 6.45) is 2.20. The van der Waals surface area contributed by atoms with Crippen LogP contribution in [0.25, 0.3) is 22.4 Å². The quantitative estimate of drug-likeness (QED) is 0.544. The van der Waals surface area contributed by atoms with Gasteiger partial charge in [0.25, 0.3) is 0 Å². The molecule has 0 amide bonds. The average molecular weight is 358 g/mol. The van der Waals surface area contributed by atoms with Crippen LogP contribution in [0, 0.1) is 13.8 Å². The lowest BCUT2D eigenvalue weighted by Crippen LogP contribution is -2.32. The summed E-state index contributed by atoms with van der Waals surface area (Å²) in [5, 5.41) is 0. The lowest BCUT2D eigenvalue weighted by Gasteiger charge is -2.24. The van der Waals surface area contributed by atoms with Gasteiger partial charge in [0.15, 0.2) is 6.20 Å². The SMILES string of the molecule is Cc1ccc2c(n1)C(C)(C)c1c-2ccc(C)c1-c1cc(C(C)C)cc[n+]1C. The van der Waals surface area contributed by atoms with Crippen LogP contribution < -0.4 is 4.57 Å². The van der Waals surface area contributed by atoms with E-state index in [1.807, 2.05) is 0 Å². The molecule has 2 heteroatoms. The monoisotopic (exact) mass is 357 g/mol. The number of aryl methyl sites for hydroxylation is 3. The van der Waals surface area contributed by atoms with Crippen LogP contribution >= 0.6 is 0 Å². The molecule has 138 valence electrons. The van der Waals surface area contributed by atoms with Crippen LogP contribution in [0.1, 0.15) is 61.7 Å². The minimum absolute atomic E-state index is 0.112. The third kappa shape index (κ3) is 2.62. The molecular weight excluding hydrogens is 328 g/mol. The predicted octanol–water partition coefficient (Wildman–Crippen LogP) is 5.62. The highest BCUT2D eigenvalue weighted by Gasteiger charge is 2.41. The van der Waals surface area contributed by atoms with Crippen LogP contribution in [-0.2, 0) is 12.5 Å². The molecule has 0 bridgehead atoms. The van der Waals surface area contributed by atoms with E-state index in [1.165, 1.54) is 44.8 Å². The fourth-order valence-corrected chi connectivity index (χ4v) is 4.47. The highest BCUT2D eigenvalue weighted by Crippen LogP contribution is 2.51. The number of hydrogen-bond acceptors (Lipinski definition) is 1. The summed E-state index contributed by atoms with van der Waals surface area (Å²) < 4.78 is 2.26. The van der Waals surface area contributed by atoms with Gasteiger partial charge in [-0.3, -0.25) is 4.98 Å². The molecule has 27 heavy (non-hydrogen) atoms. The highest BCUT2D eigenvalue weighted by atomic mass is 14.9. The summed E-state index contributed by atoms with van der Waals surface area (Å²) in [6.45, 7) is 13.5. The summed E-state index contributed by atoms with van der Waals surface area (Å²) in [4.78, 5) is 4.95. The molecule has 2 heterocycles. The molecule has 2 aromatic heterocycles. The fourth-order valence-electron chi connectivity index (χ4n) is 4.47. The zero-order valence-corrected chi connectivity index (χ0v) is 17.5. The molecule has 1 aliphatic carbocycles. The van der Waals surface area contributed by atoms with E-state index in [4.69, 9.17) is 4.98 Å². The van der Waals surface area contributed by atoms with Crippen molar-refractivity contribution in [2.45, 2.75) is 52.9 Å². The van der Waals surface area contributed by atoms with Crippen molar-refractivity contribution in [2.75, 3.05) is 0 Å². The average Bonchev–Trinajstić information content (AvgIpc) is 2.83. The van der Waals surface area contributed by atoms with E-state index in [9.17, 15) is 0 Å². The molecule has 1 aromatic carbocycles. The second kappa shape index (κ2) is 6.02. The number of aromatic nitrogens is 2. The molecule has 0 spiro atoms. The van der Waals surface area contributed by atoms with Gasteiger partial charge in [0, 0.05) is 28.8 Å². The number of fused-ring (bicyclic) bond motifs is 3. The third-order valence-electron chi connectivity index (χ3n) is 6.05. The second-order valence-electron chi connectivity index (χ2n) is 8.76.